The fourth-order valence-electron chi connectivity index (χ4n) is 1.64. The van der Waals surface area contributed by atoms with Crippen molar-refractivity contribution in [3.8, 4) is 11.5 Å². The van der Waals surface area contributed by atoms with E-state index in [-0.39, 0.29) is 5.91 Å². The summed E-state index contributed by atoms with van der Waals surface area (Å²) in [5, 5.41) is 2.54. The molecule has 21 heavy (non-hydrogen) atoms. The predicted molar refractivity (Wildman–Crippen MR) is 88.3 cm³/mol. The van der Waals surface area contributed by atoms with Crippen LogP contribution in [0.25, 0.3) is 6.08 Å². The van der Waals surface area contributed by atoms with Gasteiger partial charge in [-0.15, -0.1) is 0 Å². The number of nitrogens with one attached hydrogen (secondary N) is 1. The topological polar surface area (TPSA) is 64.6 Å². The second-order valence-electron chi connectivity index (χ2n) is 3.98. The molecule has 0 aromatic heterocycles. The maximum absolute atomic E-state index is 11.6. The molecule has 1 aromatic rings. The van der Waals surface area contributed by atoms with Crippen LogP contribution in [-0.4, -0.2) is 23.3 Å². The Morgan fingerprint density at radius 1 is 1.48 bits per heavy atom. The van der Waals surface area contributed by atoms with Crippen LogP contribution in [0.1, 0.15) is 12.5 Å². The van der Waals surface area contributed by atoms with E-state index in [1.807, 2.05) is 0 Å². The fraction of sp³-hybridized carbons (Fsp3) is 0.154. The molecule has 0 bridgehead atoms. The number of halogens is 1. The molecule has 1 aromatic carbocycles. The maximum atomic E-state index is 11.6. The smallest absolute Gasteiger partial charge is 0.308 e. The number of amides is 1. The number of thiocarbonyl (C=S) groups is 1. The first-order valence-electron chi connectivity index (χ1n) is 5.71. The molecule has 1 aliphatic rings. The number of ether oxygens (including phenoxy) is 2. The summed E-state index contributed by atoms with van der Waals surface area (Å²) in [4.78, 5) is 23.2. The quantitative estimate of drug-likeness (QED) is 0.372. The number of esters is 1. The Kier molecular flexibility index (Phi) is 5.02. The number of carbonyl (C=O) groups excluding carboxylic acids is 2. The first-order valence-corrected chi connectivity index (χ1v) is 7.73. The summed E-state index contributed by atoms with van der Waals surface area (Å²) in [6.45, 7) is 1.31. The van der Waals surface area contributed by atoms with E-state index in [4.69, 9.17) is 21.7 Å². The van der Waals surface area contributed by atoms with Crippen LogP contribution in [0.15, 0.2) is 21.5 Å². The summed E-state index contributed by atoms with van der Waals surface area (Å²) in [5.41, 5.74) is 0.719. The van der Waals surface area contributed by atoms with Gasteiger partial charge < -0.3 is 14.8 Å². The monoisotopic (exact) mass is 387 g/mol. The Morgan fingerprint density at radius 2 is 2.19 bits per heavy atom. The summed E-state index contributed by atoms with van der Waals surface area (Å²) in [5.74, 6) is 0.00364. The van der Waals surface area contributed by atoms with E-state index < -0.39 is 5.97 Å². The zero-order chi connectivity index (χ0) is 15.6. The summed E-state index contributed by atoms with van der Waals surface area (Å²) < 4.78 is 11.3. The van der Waals surface area contributed by atoms with E-state index >= 15 is 0 Å². The highest BCUT2D eigenvalue weighted by Crippen LogP contribution is 2.38. The number of carbonyl (C=O) groups is 2. The van der Waals surface area contributed by atoms with Crippen LogP contribution in [0.4, 0.5) is 0 Å². The van der Waals surface area contributed by atoms with Gasteiger partial charge in [-0.1, -0.05) is 24.0 Å². The fourth-order valence-corrected chi connectivity index (χ4v) is 3.22. The largest absolute Gasteiger partial charge is 0.493 e. The molecule has 0 atom stereocenters. The molecule has 1 saturated heterocycles. The molecule has 1 aliphatic heterocycles. The highest BCUT2D eigenvalue weighted by atomic mass is 79.9. The van der Waals surface area contributed by atoms with Crippen LogP contribution in [-0.2, 0) is 9.59 Å². The zero-order valence-corrected chi connectivity index (χ0v) is 14.3. The Bertz CT molecular complexity index is 672. The van der Waals surface area contributed by atoms with Gasteiger partial charge in [0.15, 0.2) is 11.5 Å². The number of methoxy groups -OCH3 is 1. The van der Waals surface area contributed by atoms with Crippen molar-refractivity contribution in [3.05, 3.63) is 27.1 Å². The van der Waals surface area contributed by atoms with E-state index in [2.05, 4.69) is 21.2 Å². The Balaban J connectivity index is 2.41. The standard InChI is InChI=1S/C13H10BrNO4S2/c1-6(16)19-11-8(14)3-7(4-9(11)18-2)5-10-12(17)15-13(20)21-10/h3-5H,1-2H3,(H,15,17,20)/b10-5-. The number of hydrogen-bond acceptors (Lipinski definition) is 6. The van der Waals surface area contributed by atoms with Crippen LogP contribution < -0.4 is 14.8 Å². The molecular weight excluding hydrogens is 378 g/mol. The normalized spacial score (nSPS) is 16.0. The number of benzene rings is 1. The molecule has 0 aliphatic carbocycles. The molecule has 0 unspecified atom stereocenters. The van der Waals surface area contributed by atoms with Crippen molar-refractivity contribution in [1.29, 1.82) is 0 Å². The highest BCUT2D eigenvalue weighted by Gasteiger charge is 2.22. The molecule has 8 heteroatoms. The van der Waals surface area contributed by atoms with Gasteiger partial charge >= 0.3 is 5.97 Å². The molecule has 5 nitrogen and oxygen atoms in total. The lowest BCUT2D eigenvalue weighted by Crippen LogP contribution is -2.17. The molecule has 0 saturated carbocycles. The van der Waals surface area contributed by atoms with Gasteiger partial charge in [0.25, 0.3) is 5.91 Å². The molecule has 0 spiro atoms. The molecule has 1 heterocycles. The third kappa shape index (κ3) is 3.84. The van der Waals surface area contributed by atoms with Crippen LogP contribution in [0.3, 0.4) is 0 Å². The lowest BCUT2D eigenvalue weighted by Gasteiger charge is -2.11. The third-order valence-corrected chi connectivity index (χ3v) is 4.19. The third-order valence-electron chi connectivity index (χ3n) is 2.44. The number of thioether (sulfide) groups is 1. The highest BCUT2D eigenvalue weighted by molar-refractivity contribution is 9.10. The van der Waals surface area contributed by atoms with Crippen molar-refractivity contribution in [2.45, 2.75) is 6.92 Å². The SMILES string of the molecule is COc1cc(/C=C2\SC(=S)NC2=O)cc(Br)c1OC(C)=O. The van der Waals surface area contributed by atoms with Gasteiger partial charge in [0.2, 0.25) is 0 Å². The molecular formula is C13H10BrNO4S2. The minimum absolute atomic E-state index is 0.232. The van der Waals surface area contributed by atoms with Gasteiger partial charge in [0, 0.05) is 6.92 Å². The number of rotatable bonds is 3. The van der Waals surface area contributed by atoms with E-state index in [0.29, 0.717) is 25.2 Å². The summed E-state index contributed by atoms with van der Waals surface area (Å²) >= 11 is 9.45. The Hall–Kier alpha value is -1.38. The molecule has 110 valence electrons. The predicted octanol–water partition coefficient (Wildman–Crippen LogP) is 2.87. The molecule has 1 amide bonds. The lowest BCUT2D eigenvalue weighted by molar-refractivity contribution is -0.132. The molecule has 1 fully saturated rings. The van der Waals surface area contributed by atoms with Crippen molar-refractivity contribution >= 4 is 62.2 Å². The zero-order valence-electron chi connectivity index (χ0n) is 11.1. The minimum atomic E-state index is -0.448. The second-order valence-corrected chi connectivity index (χ2v) is 6.55. The van der Waals surface area contributed by atoms with Gasteiger partial charge in [-0.2, -0.15) is 0 Å². The van der Waals surface area contributed by atoms with Gasteiger partial charge in [-0.25, -0.2) is 0 Å². The first kappa shape index (κ1) is 16.0. The van der Waals surface area contributed by atoms with Crippen LogP contribution in [0.5, 0.6) is 11.5 Å². The van der Waals surface area contributed by atoms with Crippen LogP contribution >= 0.6 is 39.9 Å². The van der Waals surface area contributed by atoms with Crippen LogP contribution in [0, 0.1) is 0 Å². The van der Waals surface area contributed by atoms with E-state index in [9.17, 15) is 9.59 Å². The summed E-state index contributed by atoms with van der Waals surface area (Å²) in [6.07, 6.45) is 1.68. The van der Waals surface area contributed by atoms with Crippen LogP contribution in [0.2, 0.25) is 0 Å². The molecule has 0 radical (unpaired) electrons. The average Bonchev–Trinajstić information content (AvgIpc) is 2.70. The van der Waals surface area contributed by atoms with E-state index in [1.165, 1.54) is 25.8 Å². The summed E-state index contributed by atoms with van der Waals surface area (Å²) in [7, 11) is 1.47. The maximum Gasteiger partial charge on any atom is 0.308 e. The first-order chi connectivity index (χ1) is 9.90. The Morgan fingerprint density at radius 3 is 2.71 bits per heavy atom. The second kappa shape index (κ2) is 6.59. The molecule has 1 N–H and O–H groups in total. The van der Waals surface area contributed by atoms with Crippen molar-refractivity contribution in [2.75, 3.05) is 7.11 Å². The molecule has 2 rings (SSSR count). The van der Waals surface area contributed by atoms with Gasteiger partial charge in [0.05, 0.1) is 16.5 Å². The van der Waals surface area contributed by atoms with E-state index in [0.717, 1.165) is 5.56 Å². The van der Waals surface area contributed by atoms with Crippen molar-refractivity contribution < 1.29 is 19.1 Å². The Labute approximate surface area is 139 Å². The van der Waals surface area contributed by atoms with Crippen molar-refractivity contribution in [1.82, 2.24) is 5.32 Å². The number of hydrogen-bond donors (Lipinski definition) is 1. The van der Waals surface area contributed by atoms with E-state index in [1.54, 1.807) is 18.2 Å². The van der Waals surface area contributed by atoms with Crippen molar-refractivity contribution in [2.24, 2.45) is 0 Å². The summed E-state index contributed by atoms with van der Waals surface area (Å²) in [6, 6.07) is 3.40. The van der Waals surface area contributed by atoms with Gasteiger partial charge in [0.1, 0.15) is 4.32 Å². The minimum Gasteiger partial charge on any atom is -0.493 e. The van der Waals surface area contributed by atoms with Crippen molar-refractivity contribution in [3.63, 3.8) is 0 Å². The van der Waals surface area contributed by atoms with Gasteiger partial charge in [-0.05, 0) is 39.7 Å². The lowest BCUT2D eigenvalue weighted by atomic mass is 10.2. The van der Waals surface area contributed by atoms with Gasteiger partial charge in [-0.3, -0.25) is 9.59 Å². The average molecular weight is 388 g/mol.